The molecule has 19 heavy (non-hydrogen) atoms. The number of fused-ring (bicyclic) bond motifs is 1. The highest BCUT2D eigenvalue weighted by Crippen LogP contribution is 2.29. The van der Waals surface area contributed by atoms with Crippen LogP contribution in [0.25, 0.3) is 16.7 Å². The van der Waals surface area contributed by atoms with Crippen molar-refractivity contribution in [3.63, 3.8) is 0 Å². The predicted octanol–water partition coefficient (Wildman–Crippen LogP) is 4.16. The Hall–Kier alpha value is -1.59. The molecule has 3 aromatic rings. The molecule has 0 saturated heterocycles. The lowest BCUT2D eigenvalue weighted by Gasteiger charge is -2.07. The number of anilines is 1. The van der Waals surface area contributed by atoms with E-state index in [1.54, 1.807) is 16.7 Å². The molecule has 0 radical (unpaired) electrons. The van der Waals surface area contributed by atoms with E-state index in [4.69, 9.17) is 17.3 Å². The number of hydrogen-bond acceptors (Lipinski definition) is 2. The van der Waals surface area contributed by atoms with Crippen LogP contribution in [0.15, 0.2) is 40.9 Å². The highest BCUT2D eigenvalue weighted by molar-refractivity contribution is 9.10. The molecule has 0 bridgehead atoms. The van der Waals surface area contributed by atoms with Crippen LogP contribution in [0.1, 0.15) is 0 Å². The number of hydrogen-bond donors (Lipinski definition) is 1. The molecule has 3 nitrogen and oxygen atoms in total. The molecular weight excluding hydrogens is 333 g/mol. The predicted molar refractivity (Wildman–Crippen MR) is 78.2 cm³/mol. The van der Waals surface area contributed by atoms with Crippen molar-refractivity contribution in [2.45, 2.75) is 0 Å². The van der Waals surface area contributed by atoms with Crippen LogP contribution in [0.4, 0.5) is 10.3 Å². The summed E-state index contributed by atoms with van der Waals surface area (Å²) < 4.78 is 15.7. The second-order valence-corrected chi connectivity index (χ2v) is 5.30. The maximum Gasteiger partial charge on any atom is 0.205 e. The van der Waals surface area contributed by atoms with Gasteiger partial charge in [-0.25, -0.2) is 9.37 Å². The Bertz CT molecular complexity index is 785. The molecule has 2 N–H and O–H groups in total. The molecule has 0 amide bonds. The molecule has 0 spiro atoms. The summed E-state index contributed by atoms with van der Waals surface area (Å²) in [4.78, 5) is 4.15. The van der Waals surface area contributed by atoms with Crippen LogP contribution in [0.2, 0.25) is 5.02 Å². The Labute approximate surface area is 121 Å². The van der Waals surface area contributed by atoms with Gasteiger partial charge in [-0.2, -0.15) is 0 Å². The Balaban J connectivity index is 2.29. The van der Waals surface area contributed by atoms with Crippen molar-refractivity contribution in [2.24, 2.45) is 0 Å². The summed E-state index contributed by atoms with van der Waals surface area (Å²) in [6, 6.07) is 9.81. The zero-order valence-electron chi connectivity index (χ0n) is 9.57. The fourth-order valence-electron chi connectivity index (χ4n) is 1.97. The van der Waals surface area contributed by atoms with E-state index in [-0.39, 0.29) is 5.82 Å². The molecule has 0 saturated carbocycles. The van der Waals surface area contributed by atoms with E-state index >= 15 is 0 Å². The number of aromatic nitrogens is 2. The standard InChI is InChI=1S/C13H8BrClFN3/c14-9-6-8(2-3-10(9)15)19-12-4-1-7(16)5-11(12)18-13(19)17/h1-6H,(H2,17,18). The molecule has 96 valence electrons. The lowest BCUT2D eigenvalue weighted by Crippen LogP contribution is -2.00. The minimum absolute atomic E-state index is 0.301. The van der Waals surface area contributed by atoms with E-state index in [0.29, 0.717) is 16.5 Å². The molecule has 0 fully saturated rings. The topological polar surface area (TPSA) is 43.8 Å². The lowest BCUT2D eigenvalue weighted by atomic mass is 10.2. The van der Waals surface area contributed by atoms with E-state index in [9.17, 15) is 4.39 Å². The summed E-state index contributed by atoms with van der Waals surface area (Å²) >= 11 is 9.33. The van der Waals surface area contributed by atoms with Gasteiger partial charge in [0.1, 0.15) is 5.82 Å². The van der Waals surface area contributed by atoms with Crippen LogP contribution in [-0.2, 0) is 0 Å². The van der Waals surface area contributed by atoms with Gasteiger partial charge in [-0.1, -0.05) is 11.6 Å². The average Bonchev–Trinajstić information content (AvgIpc) is 2.68. The molecule has 0 aliphatic heterocycles. The van der Waals surface area contributed by atoms with Gasteiger partial charge in [0, 0.05) is 10.5 Å². The number of nitrogen functional groups attached to an aromatic ring is 1. The summed E-state index contributed by atoms with van der Waals surface area (Å²) in [5.41, 5.74) is 7.97. The van der Waals surface area contributed by atoms with Crippen LogP contribution in [-0.4, -0.2) is 9.55 Å². The molecule has 0 unspecified atom stereocenters. The minimum atomic E-state index is -0.338. The number of rotatable bonds is 1. The Morgan fingerprint density at radius 1 is 1.21 bits per heavy atom. The number of imidazole rings is 1. The Morgan fingerprint density at radius 3 is 2.74 bits per heavy atom. The van der Waals surface area contributed by atoms with Crippen molar-refractivity contribution < 1.29 is 4.39 Å². The SMILES string of the molecule is Nc1nc2cc(F)ccc2n1-c1ccc(Cl)c(Br)c1. The third-order valence-corrected chi connectivity index (χ3v) is 4.02. The first-order chi connectivity index (χ1) is 9.06. The summed E-state index contributed by atoms with van der Waals surface area (Å²) in [5.74, 6) is -0.0377. The van der Waals surface area contributed by atoms with E-state index in [0.717, 1.165) is 15.7 Å². The van der Waals surface area contributed by atoms with E-state index in [1.807, 2.05) is 12.1 Å². The normalized spacial score (nSPS) is 11.1. The van der Waals surface area contributed by atoms with Crippen LogP contribution in [0.5, 0.6) is 0 Å². The molecule has 2 aromatic carbocycles. The highest BCUT2D eigenvalue weighted by Gasteiger charge is 2.11. The maximum atomic E-state index is 13.2. The van der Waals surface area contributed by atoms with E-state index < -0.39 is 0 Å². The fourth-order valence-corrected chi connectivity index (χ4v) is 2.45. The third-order valence-electron chi connectivity index (χ3n) is 2.80. The van der Waals surface area contributed by atoms with Gasteiger partial charge in [0.2, 0.25) is 5.95 Å². The van der Waals surface area contributed by atoms with Gasteiger partial charge >= 0.3 is 0 Å². The number of halogens is 3. The number of nitrogens with two attached hydrogens (primary N) is 1. The summed E-state index contributed by atoms with van der Waals surface area (Å²) in [5, 5.41) is 0.609. The van der Waals surface area contributed by atoms with Gasteiger partial charge in [-0.3, -0.25) is 4.57 Å². The largest absolute Gasteiger partial charge is 0.369 e. The van der Waals surface area contributed by atoms with Crippen LogP contribution in [0, 0.1) is 5.82 Å². The van der Waals surface area contributed by atoms with Crippen LogP contribution in [0.3, 0.4) is 0 Å². The zero-order chi connectivity index (χ0) is 13.6. The van der Waals surface area contributed by atoms with Gasteiger partial charge in [-0.05, 0) is 46.3 Å². The van der Waals surface area contributed by atoms with Crippen molar-refractivity contribution in [2.75, 3.05) is 5.73 Å². The molecular formula is C13H8BrClFN3. The molecule has 0 aliphatic rings. The quantitative estimate of drug-likeness (QED) is 0.723. The molecule has 0 atom stereocenters. The number of nitrogens with zero attached hydrogens (tertiary/aromatic N) is 2. The number of benzene rings is 2. The smallest absolute Gasteiger partial charge is 0.205 e. The first-order valence-electron chi connectivity index (χ1n) is 5.45. The first kappa shape index (κ1) is 12.4. The molecule has 3 rings (SSSR count). The average molecular weight is 341 g/mol. The van der Waals surface area contributed by atoms with Crippen molar-refractivity contribution in [3.05, 3.63) is 51.7 Å². The fraction of sp³-hybridized carbons (Fsp3) is 0. The molecule has 1 heterocycles. The first-order valence-corrected chi connectivity index (χ1v) is 6.62. The van der Waals surface area contributed by atoms with Crippen LogP contribution < -0.4 is 5.73 Å². The van der Waals surface area contributed by atoms with Crippen molar-refractivity contribution in [1.29, 1.82) is 0 Å². The summed E-state index contributed by atoms with van der Waals surface area (Å²) in [6.07, 6.45) is 0. The summed E-state index contributed by atoms with van der Waals surface area (Å²) in [6.45, 7) is 0. The van der Waals surface area contributed by atoms with E-state index in [1.165, 1.54) is 12.1 Å². The Morgan fingerprint density at radius 2 is 2.00 bits per heavy atom. The zero-order valence-corrected chi connectivity index (χ0v) is 11.9. The van der Waals surface area contributed by atoms with Gasteiger partial charge in [-0.15, -0.1) is 0 Å². The monoisotopic (exact) mass is 339 g/mol. The maximum absolute atomic E-state index is 13.2. The highest BCUT2D eigenvalue weighted by atomic mass is 79.9. The second-order valence-electron chi connectivity index (χ2n) is 4.04. The van der Waals surface area contributed by atoms with Gasteiger partial charge < -0.3 is 5.73 Å². The van der Waals surface area contributed by atoms with Crippen molar-refractivity contribution in [1.82, 2.24) is 9.55 Å². The molecule has 6 heteroatoms. The molecule has 0 aliphatic carbocycles. The Kier molecular flexibility index (Phi) is 2.95. The molecule has 1 aromatic heterocycles. The van der Waals surface area contributed by atoms with Gasteiger partial charge in [0.25, 0.3) is 0 Å². The third kappa shape index (κ3) is 2.09. The minimum Gasteiger partial charge on any atom is -0.369 e. The van der Waals surface area contributed by atoms with Gasteiger partial charge in [0.15, 0.2) is 0 Å². The van der Waals surface area contributed by atoms with E-state index in [2.05, 4.69) is 20.9 Å². The summed E-state index contributed by atoms with van der Waals surface area (Å²) in [7, 11) is 0. The van der Waals surface area contributed by atoms with Gasteiger partial charge in [0.05, 0.1) is 21.7 Å². The van der Waals surface area contributed by atoms with Crippen molar-refractivity contribution in [3.8, 4) is 5.69 Å². The second kappa shape index (κ2) is 4.51. The lowest BCUT2D eigenvalue weighted by molar-refractivity contribution is 0.629. The van der Waals surface area contributed by atoms with Crippen LogP contribution >= 0.6 is 27.5 Å². The van der Waals surface area contributed by atoms with Crippen molar-refractivity contribution >= 4 is 44.5 Å².